The van der Waals surface area contributed by atoms with Gasteiger partial charge in [0.2, 0.25) is 5.95 Å². The SMILES string of the molecule is CCc1ccccc1Nc1cc(C)nc(N2CCN(c3ccccn3)CC2)n1. The van der Waals surface area contributed by atoms with E-state index in [1.165, 1.54) is 5.56 Å². The number of nitrogens with zero attached hydrogens (tertiary/aromatic N) is 5. The highest BCUT2D eigenvalue weighted by Gasteiger charge is 2.20. The Morgan fingerprint density at radius 3 is 2.43 bits per heavy atom. The third-order valence-electron chi connectivity index (χ3n) is 5.04. The smallest absolute Gasteiger partial charge is 0.227 e. The number of hydrogen-bond donors (Lipinski definition) is 1. The highest BCUT2D eigenvalue weighted by atomic mass is 15.3. The van der Waals surface area contributed by atoms with Gasteiger partial charge in [0.25, 0.3) is 0 Å². The number of aromatic nitrogens is 3. The van der Waals surface area contributed by atoms with Gasteiger partial charge in [0.15, 0.2) is 0 Å². The first-order valence-electron chi connectivity index (χ1n) is 9.84. The van der Waals surface area contributed by atoms with E-state index in [4.69, 9.17) is 4.98 Å². The summed E-state index contributed by atoms with van der Waals surface area (Å²) in [5.74, 6) is 2.67. The zero-order valence-corrected chi connectivity index (χ0v) is 16.5. The van der Waals surface area contributed by atoms with Gasteiger partial charge in [-0.1, -0.05) is 31.2 Å². The van der Waals surface area contributed by atoms with E-state index in [1.807, 2.05) is 37.4 Å². The Morgan fingerprint density at radius 2 is 1.68 bits per heavy atom. The van der Waals surface area contributed by atoms with E-state index in [2.05, 4.69) is 56.3 Å². The summed E-state index contributed by atoms with van der Waals surface area (Å²) in [6.07, 6.45) is 2.83. The first-order chi connectivity index (χ1) is 13.7. The molecule has 2 aromatic heterocycles. The van der Waals surface area contributed by atoms with Crippen molar-refractivity contribution in [2.45, 2.75) is 20.3 Å². The van der Waals surface area contributed by atoms with E-state index in [0.29, 0.717) is 0 Å². The van der Waals surface area contributed by atoms with E-state index < -0.39 is 0 Å². The highest BCUT2D eigenvalue weighted by Crippen LogP contribution is 2.23. The van der Waals surface area contributed by atoms with Crippen molar-refractivity contribution in [2.75, 3.05) is 41.3 Å². The fraction of sp³-hybridized carbons (Fsp3) is 0.318. The molecule has 0 atom stereocenters. The molecule has 6 heteroatoms. The van der Waals surface area contributed by atoms with Crippen LogP contribution in [0.25, 0.3) is 0 Å². The lowest BCUT2D eigenvalue weighted by Gasteiger charge is -2.35. The average molecular weight is 374 g/mol. The third-order valence-corrected chi connectivity index (χ3v) is 5.04. The van der Waals surface area contributed by atoms with Crippen LogP contribution in [0.15, 0.2) is 54.7 Å². The lowest BCUT2D eigenvalue weighted by atomic mass is 10.1. The van der Waals surface area contributed by atoms with Crippen molar-refractivity contribution in [3.63, 3.8) is 0 Å². The van der Waals surface area contributed by atoms with E-state index in [9.17, 15) is 0 Å². The van der Waals surface area contributed by atoms with Gasteiger partial charge in [-0.05, 0) is 37.1 Å². The van der Waals surface area contributed by atoms with Crippen LogP contribution in [0, 0.1) is 6.92 Å². The lowest BCUT2D eigenvalue weighted by molar-refractivity contribution is 0.634. The zero-order valence-electron chi connectivity index (χ0n) is 16.5. The molecule has 28 heavy (non-hydrogen) atoms. The van der Waals surface area contributed by atoms with Crippen LogP contribution in [0.2, 0.25) is 0 Å². The molecule has 1 aliphatic heterocycles. The number of benzene rings is 1. The Labute approximate surface area is 166 Å². The van der Waals surface area contributed by atoms with Crippen molar-refractivity contribution >= 4 is 23.3 Å². The molecule has 0 amide bonds. The van der Waals surface area contributed by atoms with Crippen molar-refractivity contribution in [3.8, 4) is 0 Å². The molecule has 6 nitrogen and oxygen atoms in total. The van der Waals surface area contributed by atoms with E-state index >= 15 is 0 Å². The van der Waals surface area contributed by atoms with Crippen LogP contribution in [-0.2, 0) is 6.42 Å². The van der Waals surface area contributed by atoms with Gasteiger partial charge in [-0.2, -0.15) is 4.98 Å². The van der Waals surface area contributed by atoms with Crippen LogP contribution in [0.4, 0.5) is 23.3 Å². The topological polar surface area (TPSA) is 57.2 Å². The molecular weight excluding hydrogens is 348 g/mol. The molecule has 1 N–H and O–H groups in total. The van der Waals surface area contributed by atoms with Gasteiger partial charge in [0.05, 0.1) is 0 Å². The predicted molar refractivity (Wildman–Crippen MR) is 115 cm³/mol. The second kappa shape index (κ2) is 8.25. The van der Waals surface area contributed by atoms with Crippen LogP contribution in [0.5, 0.6) is 0 Å². The third kappa shape index (κ3) is 4.06. The van der Waals surface area contributed by atoms with Crippen molar-refractivity contribution < 1.29 is 0 Å². The molecular formula is C22H26N6. The van der Waals surface area contributed by atoms with E-state index in [1.54, 1.807) is 0 Å². The quantitative estimate of drug-likeness (QED) is 0.733. The first kappa shape index (κ1) is 18.2. The molecule has 4 rings (SSSR count). The summed E-state index contributed by atoms with van der Waals surface area (Å²) in [7, 11) is 0. The number of nitrogens with one attached hydrogen (secondary N) is 1. The Morgan fingerprint density at radius 1 is 0.929 bits per heavy atom. The number of pyridine rings is 1. The zero-order chi connectivity index (χ0) is 19.3. The minimum Gasteiger partial charge on any atom is -0.353 e. The van der Waals surface area contributed by atoms with Gasteiger partial charge in [0, 0.05) is 49.8 Å². The number of hydrogen-bond acceptors (Lipinski definition) is 6. The molecule has 0 saturated carbocycles. The summed E-state index contributed by atoms with van der Waals surface area (Å²) >= 11 is 0. The highest BCUT2D eigenvalue weighted by molar-refractivity contribution is 5.61. The van der Waals surface area contributed by atoms with Gasteiger partial charge in [0.1, 0.15) is 11.6 Å². The molecule has 0 unspecified atom stereocenters. The van der Waals surface area contributed by atoms with Gasteiger partial charge < -0.3 is 15.1 Å². The molecule has 3 heterocycles. The number of anilines is 4. The fourth-order valence-electron chi connectivity index (χ4n) is 3.52. The molecule has 1 aliphatic rings. The van der Waals surface area contributed by atoms with Crippen molar-refractivity contribution in [1.82, 2.24) is 15.0 Å². The van der Waals surface area contributed by atoms with Crippen LogP contribution in [0.3, 0.4) is 0 Å². The predicted octanol–water partition coefficient (Wildman–Crippen LogP) is 3.81. The maximum Gasteiger partial charge on any atom is 0.227 e. The Bertz CT molecular complexity index is 919. The van der Waals surface area contributed by atoms with Crippen LogP contribution in [0.1, 0.15) is 18.2 Å². The summed E-state index contributed by atoms with van der Waals surface area (Å²) in [6, 6.07) is 16.4. The molecule has 1 saturated heterocycles. The number of piperazine rings is 1. The van der Waals surface area contributed by atoms with Crippen molar-refractivity contribution in [3.05, 3.63) is 66.0 Å². The fourth-order valence-corrected chi connectivity index (χ4v) is 3.52. The lowest BCUT2D eigenvalue weighted by Crippen LogP contribution is -2.47. The number of rotatable bonds is 5. The van der Waals surface area contributed by atoms with Crippen LogP contribution < -0.4 is 15.1 Å². The molecule has 144 valence electrons. The monoisotopic (exact) mass is 374 g/mol. The summed E-state index contributed by atoms with van der Waals surface area (Å²) in [5, 5.41) is 3.48. The molecule has 1 aromatic carbocycles. The molecule has 0 aliphatic carbocycles. The van der Waals surface area contributed by atoms with Gasteiger partial charge in [-0.25, -0.2) is 9.97 Å². The van der Waals surface area contributed by atoms with Gasteiger partial charge >= 0.3 is 0 Å². The average Bonchev–Trinajstić information content (AvgIpc) is 2.74. The minimum atomic E-state index is 0.789. The number of aryl methyl sites for hydroxylation is 2. The second-order valence-electron chi connectivity index (χ2n) is 6.99. The van der Waals surface area contributed by atoms with Crippen molar-refractivity contribution in [2.24, 2.45) is 0 Å². The molecule has 3 aromatic rings. The molecule has 0 spiro atoms. The molecule has 0 bridgehead atoms. The summed E-state index contributed by atoms with van der Waals surface area (Å²) < 4.78 is 0. The Balaban J connectivity index is 1.49. The normalized spacial score (nSPS) is 14.2. The van der Waals surface area contributed by atoms with Gasteiger partial charge in [-0.3, -0.25) is 0 Å². The maximum absolute atomic E-state index is 4.80. The second-order valence-corrected chi connectivity index (χ2v) is 6.99. The van der Waals surface area contributed by atoms with Crippen LogP contribution in [-0.4, -0.2) is 41.1 Å². The Hall–Kier alpha value is -3.15. The molecule has 0 radical (unpaired) electrons. The first-order valence-corrected chi connectivity index (χ1v) is 9.84. The summed E-state index contributed by atoms with van der Waals surface area (Å²) in [4.78, 5) is 18.5. The molecule has 1 fully saturated rings. The van der Waals surface area contributed by atoms with Crippen molar-refractivity contribution in [1.29, 1.82) is 0 Å². The van der Waals surface area contributed by atoms with E-state index in [-0.39, 0.29) is 0 Å². The summed E-state index contributed by atoms with van der Waals surface area (Å²) in [6.45, 7) is 7.77. The van der Waals surface area contributed by atoms with Crippen LogP contribution >= 0.6 is 0 Å². The largest absolute Gasteiger partial charge is 0.353 e. The number of para-hydroxylation sites is 1. The minimum absolute atomic E-state index is 0.789. The maximum atomic E-state index is 4.80. The standard InChI is InChI=1S/C22H26N6/c1-3-18-8-4-5-9-19(18)25-20-16-17(2)24-22(26-20)28-14-12-27(13-15-28)21-10-6-7-11-23-21/h4-11,16H,3,12-15H2,1-2H3,(H,24,25,26). The van der Waals surface area contributed by atoms with Gasteiger partial charge in [-0.15, -0.1) is 0 Å². The van der Waals surface area contributed by atoms with E-state index in [0.717, 1.165) is 61.6 Å². The summed E-state index contributed by atoms with van der Waals surface area (Å²) in [5.41, 5.74) is 3.35. The Kier molecular flexibility index (Phi) is 5.37.